The van der Waals surface area contributed by atoms with E-state index in [4.69, 9.17) is 5.26 Å². The summed E-state index contributed by atoms with van der Waals surface area (Å²) in [5.41, 5.74) is 2.38. The van der Waals surface area contributed by atoms with E-state index in [1.807, 2.05) is 23.1 Å². The Hall–Kier alpha value is -4.00. The monoisotopic (exact) mass is 468 g/mol. The van der Waals surface area contributed by atoms with Crippen LogP contribution in [0.3, 0.4) is 0 Å². The standard InChI is InChI=1S/C14H13F3N4.C10H10N2O/c15-14(16,17)13-19-11(10-5-1-2-6-18-10)9-12(20-13)21-7-3-4-8-21;11-7-10-3-1-9(2-4-10)5-6-12-8-13/h1-2,5-6,9H,3-4,7-8H2;1-4,8H,5-6H2,(H,12,13). The summed E-state index contributed by atoms with van der Waals surface area (Å²) < 4.78 is 39.0. The second-order valence-corrected chi connectivity index (χ2v) is 7.47. The maximum absolute atomic E-state index is 13.0. The number of rotatable bonds is 6. The third kappa shape index (κ3) is 7.00. The van der Waals surface area contributed by atoms with Crippen LogP contribution in [0.15, 0.2) is 54.7 Å². The molecule has 1 aliphatic rings. The predicted molar refractivity (Wildman–Crippen MR) is 121 cm³/mol. The molecule has 1 amide bonds. The zero-order chi connectivity index (χ0) is 24.4. The summed E-state index contributed by atoms with van der Waals surface area (Å²) in [6.45, 7) is 2.07. The Balaban J connectivity index is 0.000000215. The number of carbonyl (C=O) groups excluding carboxylic acids is 1. The molecular weight excluding hydrogens is 445 g/mol. The molecule has 0 atom stereocenters. The molecule has 34 heavy (non-hydrogen) atoms. The average Bonchev–Trinajstić information content (AvgIpc) is 3.40. The molecule has 1 aliphatic heterocycles. The largest absolute Gasteiger partial charge is 0.451 e. The van der Waals surface area contributed by atoms with Gasteiger partial charge in [-0.2, -0.15) is 18.4 Å². The van der Waals surface area contributed by atoms with Crippen molar-refractivity contribution in [2.45, 2.75) is 25.4 Å². The number of alkyl halides is 3. The average molecular weight is 468 g/mol. The fraction of sp³-hybridized carbons (Fsp3) is 0.292. The van der Waals surface area contributed by atoms with Crippen LogP contribution in [0.25, 0.3) is 11.4 Å². The van der Waals surface area contributed by atoms with E-state index >= 15 is 0 Å². The van der Waals surface area contributed by atoms with Gasteiger partial charge in [0.15, 0.2) is 0 Å². The molecule has 3 aromatic rings. The van der Waals surface area contributed by atoms with E-state index in [1.165, 1.54) is 6.20 Å². The van der Waals surface area contributed by atoms with E-state index < -0.39 is 12.0 Å². The van der Waals surface area contributed by atoms with Gasteiger partial charge >= 0.3 is 6.18 Å². The Bertz CT molecular complexity index is 1110. The predicted octanol–water partition coefficient (Wildman–Crippen LogP) is 4.00. The first-order valence-electron chi connectivity index (χ1n) is 10.7. The SMILES string of the molecule is FC(F)(F)c1nc(-c2ccccn2)cc(N2CCCC2)n1.N#Cc1ccc(CCNC=O)cc1. The van der Waals surface area contributed by atoms with Gasteiger partial charge in [-0.15, -0.1) is 0 Å². The molecular formula is C24H23F3N6O. The highest BCUT2D eigenvalue weighted by Crippen LogP contribution is 2.31. The summed E-state index contributed by atoms with van der Waals surface area (Å²) in [4.78, 5) is 23.2. The maximum atomic E-state index is 13.0. The summed E-state index contributed by atoms with van der Waals surface area (Å²) in [5.74, 6) is -0.803. The smallest absolute Gasteiger partial charge is 0.358 e. The normalized spacial score (nSPS) is 12.9. The lowest BCUT2D eigenvalue weighted by Gasteiger charge is -2.18. The van der Waals surface area contributed by atoms with Gasteiger partial charge in [0, 0.05) is 31.9 Å². The van der Waals surface area contributed by atoms with Crippen molar-refractivity contribution in [1.82, 2.24) is 20.3 Å². The quantitative estimate of drug-likeness (QED) is 0.434. The van der Waals surface area contributed by atoms with Crippen LogP contribution in [-0.2, 0) is 17.4 Å². The number of halogens is 3. The first-order valence-corrected chi connectivity index (χ1v) is 10.7. The third-order valence-corrected chi connectivity index (χ3v) is 5.05. The number of carbonyl (C=O) groups is 1. The van der Waals surface area contributed by atoms with Gasteiger partial charge in [0.05, 0.1) is 23.0 Å². The van der Waals surface area contributed by atoms with Crippen LogP contribution in [0.4, 0.5) is 19.0 Å². The zero-order valence-corrected chi connectivity index (χ0v) is 18.3. The number of nitrogens with zero attached hydrogens (tertiary/aromatic N) is 5. The second-order valence-electron chi connectivity index (χ2n) is 7.47. The van der Waals surface area contributed by atoms with Gasteiger partial charge in [0.1, 0.15) is 5.82 Å². The van der Waals surface area contributed by atoms with Gasteiger partial charge in [-0.3, -0.25) is 9.78 Å². The van der Waals surface area contributed by atoms with Gasteiger partial charge in [-0.1, -0.05) is 18.2 Å². The minimum atomic E-state index is -4.57. The molecule has 1 fully saturated rings. The number of aromatic nitrogens is 3. The highest BCUT2D eigenvalue weighted by Gasteiger charge is 2.36. The highest BCUT2D eigenvalue weighted by molar-refractivity contribution is 5.59. The maximum Gasteiger partial charge on any atom is 0.451 e. The molecule has 0 bridgehead atoms. The van der Waals surface area contributed by atoms with E-state index in [2.05, 4.69) is 20.3 Å². The molecule has 0 unspecified atom stereocenters. The zero-order valence-electron chi connectivity index (χ0n) is 18.3. The number of nitrogens with one attached hydrogen (secondary N) is 1. The van der Waals surface area contributed by atoms with Gasteiger partial charge in [0.25, 0.3) is 0 Å². The van der Waals surface area contributed by atoms with E-state index in [9.17, 15) is 18.0 Å². The Morgan fingerprint density at radius 2 is 1.79 bits per heavy atom. The number of hydrogen-bond donors (Lipinski definition) is 1. The number of amides is 1. The number of pyridine rings is 1. The second kappa shape index (κ2) is 11.7. The molecule has 7 nitrogen and oxygen atoms in total. The molecule has 1 N–H and O–H groups in total. The lowest BCUT2D eigenvalue weighted by Crippen LogP contribution is -2.22. The van der Waals surface area contributed by atoms with Gasteiger partial charge in [-0.25, -0.2) is 9.97 Å². The molecule has 0 aliphatic carbocycles. The van der Waals surface area contributed by atoms with Crippen molar-refractivity contribution in [1.29, 1.82) is 5.26 Å². The third-order valence-electron chi connectivity index (χ3n) is 5.05. The topological polar surface area (TPSA) is 94.8 Å². The van der Waals surface area contributed by atoms with Crippen molar-refractivity contribution in [3.05, 3.63) is 71.7 Å². The Morgan fingerprint density at radius 1 is 1.06 bits per heavy atom. The summed E-state index contributed by atoms with van der Waals surface area (Å²) >= 11 is 0. The van der Waals surface area contributed by atoms with Crippen molar-refractivity contribution in [3.8, 4) is 17.5 Å². The molecule has 1 saturated heterocycles. The van der Waals surface area contributed by atoms with Crippen molar-refractivity contribution in [2.24, 2.45) is 0 Å². The van der Waals surface area contributed by atoms with E-state index in [1.54, 1.807) is 36.4 Å². The van der Waals surface area contributed by atoms with Crippen LogP contribution in [0.1, 0.15) is 29.8 Å². The Labute approximate surface area is 195 Å². The molecule has 3 heterocycles. The minimum absolute atomic E-state index is 0.194. The fourth-order valence-corrected chi connectivity index (χ4v) is 3.34. The van der Waals surface area contributed by atoms with Crippen LogP contribution < -0.4 is 10.2 Å². The number of nitriles is 1. The van der Waals surface area contributed by atoms with E-state index in [0.29, 0.717) is 30.0 Å². The van der Waals surface area contributed by atoms with Crippen molar-refractivity contribution < 1.29 is 18.0 Å². The molecule has 0 radical (unpaired) electrons. The highest BCUT2D eigenvalue weighted by atomic mass is 19.4. The summed E-state index contributed by atoms with van der Waals surface area (Å²) in [6, 6.07) is 16.0. The number of anilines is 1. The number of benzene rings is 1. The minimum Gasteiger partial charge on any atom is -0.358 e. The van der Waals surface area contributed by atoms with Crippen LogP contribution in [-0.4, -0.2) is 41.0 Å². The summed E-state index contributed by atoms with van der Waals surface area (Å²) in [7, 11) is 0. The van der Waals surface area contributed by atoms with Crippen LogP contribution in [0.2, 0.25) is 0 Å². The molecule has 0 saturated carbocycles. The Kier molecular flexibility index (Phi) is 8.51. The Morgan fingerprint density at radius 3 is 2.38 bits per heavy atom. The van der Waals surface area contributed by atoms with Crippen LogP contribution in [0.5, 0.6) is 0 Å². The number of hydrogen-bond acceptors (Lipinski definition) is 6. The van der Waals surface area contributed by atoms with Crippen LogP contribution in [0, 0.1) is 11.3 Å². The first kappa shape index (κ1) is 24.6. The van der Waals surface area contributed by atoms with E-state index in [-0.39, 0.29) is 5.69 Å². The van der Waals surface area contributed by atoms with Crippen molar-refractivity contribution in [2.75, 3.05) is 24.5 Å². The lowest BCUT2D eigenvalue weighted by molar-refractivity contribution is -0.144. The van der Waals surface area contributed by atoms with Gasteiger partial charge in [0.2, 0.25) is 12.2 Å². The molecule has 176 valence electrons. The summed E-state index contributed by atoms with van der Waals surface area (Å²) in [5, 5.41) is 11.1. The van der Waals surface area contributed by atoms with Crippen LogP contribution >= 0.6 is 0 Å². The van der Waals surface area contributed by atoms with Crippen molar-refractivity contribution >= 4 is 12.2 Å². The molecule has 10 heteroatoms. The fourth-order valence-electron chi connectivity index (χ4n) is 3.34. The van der Waals surface area contributed by atoms with Gasteiger partial charge < -0.3 is 10.2 Å². The molecule has 4 rings (SSSR count). The lowest BCUT2D eigenvalue weighted by atomic mass is 10.1. The first-order chi connectivity index (χ1) is 16.4. The molecule has 1 aromatic carbocycles. The molecule has 2 aromatic heterocycles. The van der Waals surface area contributed by atoms with Crippen molar-refractivity contribution in [3.63, 3.8) is 0 Å². The van der Waals surface area contributed by atoms with Gasteiger partial charge in [-0.05, 0) is 49.1 Å². The van der Waals surface area contributed by atoms with E-state index in [0.717, 1.165) is 37.9 Å². The summed E-state index contributed by atoms with van der Waals surface area (Å²) in [6.07, 6.45) is 0.363. The molecule has 0 spiro atoms.